The first-order chi connectivity index (χ1) is 14.5. The van der Waals surface area contributed by atoms with E-state index in [-0.39, 0.29) is 5.41 Å². The molecule has 3 rings (SSSR count). The quantitative estimate of drug-likeness (QED) is 0.444. The van der Waals surface area contributed by atoms with Crippen molar-refractivity contribution in [1.29, 1.82) is 0 Å². The van der Waals surface area contributed by atoms with E-state index in [0.29, 0.717) is 18.7 Å². The Morgan fingerprint density at radius 1 is 1.33 bits per heavy atom. The van der Waals surface area contributed by atoms with E-state index in [9.17, 15) is 0 Å². The SMILES string of the molecule is CCOC1CC(NC(=NCc2nnc(C)n2C)NCCc2cccs2)C1(CC)CC. The van der Waals surface area contributed by atoms with Gasteiger partial charge in [-0.2, -0.15) is 0 Å². The largest absolute Gasteiger partial charge is 0.378 e. The summed E-state index contributed by atoms with van der Waals surface area (Å²) >= 11 is 1.79. The molecule has 0 aliphatic heterocycles. The molecule has 2 unspecified atom stereocenters. The van der Waals surface area contributed by atoms with Crippen molar-refractivity contribution in [2.45, 2.75) is 72.1 Å². The van der Waals surface area contributed by atoms with Crippen LogP contribution in [-0.2, 0) is 24.8 Å². The predicted octanol–water partition coefficient (Wildman–Crippen LogP) is 3.45. The van der Waals surface area contributed by atoms with Gasteiger partial charge in [-0.25, -0.2) is 4.99 Å². The number of aryl methyl sites for hydroxylation is 1. The van der Waals surface area contributed by atoms with E-state index in [2.05, 4.69) is 59.1 Å². The highest BCUT2D eigenvalue weighted by atomic mass is 32.1. The van der Waals surface area contributed by atoms with Crippen LogP contribution in [0.4, 0.5) is 0 Å². The minimum absolute atomic E-state index is 0.160. The standard InChI is InChI=1S/C22H36N6OS/c1-6-22(7-2)18(14-19(22)29-8-3)25-21(23-12-11-17-10-9-13-30-17)24-15-20-27-26-16(4)28(20)5/h9-10,13,18-19H,6-8,11-12,14-15H2,1-5H3,(H2,23,24,25). The zero-order chi connectivity index (χ0) is 21.6. The molecule has 0 radical (unpaired) electrons. The molecule has 0 saturated heterocycles. The maximum absolute atomic E-state index is 6.04. The molecule has 2 N–H and O–H groups in total. The third-order valence-corrected chi connectivity index (χ3v) is 7.52. The lowest BCUT2D eigenvalue weighted by atomic mass is 9.58. The Labute approximate surface area is 184 Å². The first kappa shape index (κ1) is 22.7. The predicted molar refractivity (Wildman–Crippen MR) is 123 cm³/mol. The number of ether oxygens (including phenoxy) is 1. The van der Waals surface area contributed by atoms with Gasteiger partial charge in [0.15, 0.2) is 11.8 Å². The van der Waals surface area contributed by atoms with Crippen molar-refractivity contribution in [1.82, 2.24) is 25.4 Å². The summed E-state index contributed by atoms with van der Waals surface area (Å²) in [7, 11) is 1.98. The highest BCUT2D eigenvalue weighted by Gasteiger charge is 2.53. The Balaban J connectivity index is 1.69. The molecule has 7 nitrogen and oxygen atoms in total. The molecule has 1 fully saturated rings. The summed E-state index contributed by atoms with van der Waals surface area (Å²) < 4.78 is 8.03. The minimum Gasteiger partial charge on any atom is -0.378 e. The van der Waals surface area contributed by atoms with E-state index in [1.54, 1.807) is 11.3 Å². The maximum Gasteiger partial charge on any atom is 0.191 e. The topological polar surface area (TPSA) is 76.4 Å². The molecule has 8 heteroatoms. The maximum atomic E-state index is 6.04. The van der Waals surface area contributed by atoms with E-state index in [4.69, 9.17) is 9.73 Å². The van der Waals surface area contributed by atoms with Gasteiger partial charge in [0.25, 0.3) is 0 Å². The summed E-state index contributed by atoms with van der Waals surface area (Å²) in [4.78, 5) is 6.22. The number of nitrogens with zero attached hydrogens (tertiary/aromatic N) is 4. The summed E-state index contributed by atoms with van der Waals surface area (Å²) in [5.41, 5.74) is 0.160. The van der Waals surface area contributed by atoms with Crippen LogP contribution in [0.2, 0.25) is 0 Å². The Hall–Kier alpha value is -1.93. The van der Waals surface area contributed by atoms with Crippen LogP contribution in [0.25, 0.3) is 0 Å². The smallest absolute Gasteiger partial charge is 0.191 e. The lowest BCUT2D eigenvalue weighted by Crippen LogP contribution is -2.65. The summed E-state index contributed by atoms with van der Waals surface area (Å²) in [5.74, 6) is 2.61. The van der Waals surface area contributed by atoms with Crippen LogP contribution in [0.3, 0.4) is 0 Å². The molecule has 2 atom stereocenters. The number of hydrogen-bond donors (Lipinski definition) is 2. The van der Waals surface area contributed by atoms with Gasteiger partial charge in [-0.05, 0) is 51.0 Å². The van der Waals surface area contributed by atoms with Crippen molar-refractivity contribution in [3.05, 3.63) is 34.0 Å². The molecule has 0 spiro atoms. The van der Waals surface area contributed by atoms with Gasteiger partial charge >= 0.3 is 0 Å². The Kier molecular flexibility index (Phi) is 7.88. The fourth-order valence-electron chi connectivity index (χ4n) is 4.40. The second kappa shape index (κ2) is 10.4. The van der Waals surface area contributed by atoms with Crippen LogP contribution in [-0.4, -0.2) is 46.0 Å². The monoisotopic (exact) mass is 432 g/mol. The summed E-state index contributed by atoms with van der Waals surface area (Å²) in [6, 6.07) is 4.64. The molecular formula is C22H36N6OS. The van der Waals surface area contributed by atoms with Gasteiger partial charge in [0.1, 0.15) is 12.4 Å². The number of rotatable bonds is 10. The van der Waals surface area contributed by atoms with Crippen LogP contribution < -0.4 is 10.6 Å². The number of nitrogens with one attached hydrogen (secondary N) is 2. The average molecular weight is 433 g/mol. The lowest BCUT2D eigenvalue weighted by Gasteiger charge is -2.55. The fraction of sp³-hybridized carbons (Fsp3) is 0.682. The van der Waals surface area contributed by atoms with Crippen LogP contribution in [0, 0.1) is 12.3 Å². The molecule has 0 bridgehead atoms. The van der Waals surface area contributed by atoms with E-state index >= 15 is 0 Å². The van der Waals surface area contributed by atoms with Gasteiger partial charge < -0.3 is 19.9 Å². The molecule has 2 aromatic heterocycles. The average Bonchev–Trinajstić information content (AvgIpc) is 3.36. The number of guanidine groups is 1. The van der Waals surface area contributed by atoms with Crippen molar-refractivity contribution < 1.29 is 4.74 Å². The molecule has 1 saturated carbocycles. The van der Waals surface area contributed by atoms with Crippen molar-refractivity contribution in [3.63, 3.8) is 0 Å². The molecule has 30 heavy (non-hydrogen) atoms. The van der Waals surface area contributed by atoms with Crippen molar-refractivity contribution in [2.24, 2.45) is 17.5 Å². The highest BCUT2D eigenvalue weighted by molar-refractivity contribution is 7.09. The van der Waals surface area contributed by atoms with Crippen LogP contribution >= 0.6 is 11.3 Å². The van der Waals surface area contributed by atoms with Crippen molar-refractivity contribution >= 4 is 17.3 Å². The fourth-order valence-corrected chi connectivity index (χ4v) is 5.11. The van der Waals surface area contributed by atoms with Gasteiger partial charge in [0.05, 0.1) is 6.10 Å². The molecule has 1 aliphatic rings. The number of hydrogen-bond acceptors (Lipinski definition) is 5. The van der Waals surface area contributed by atoms with E-state index in [0.717, 1.165) is 56.4 Å². The van der Waals surface area contributed by atoms with Crippen LogP contribution in [0.15, 0.2) is 22.5 Å². The Morgan fingerprint density at radius 2 is 2.13 bits per heavy atom. The zero-order valence-corrected chi connectivity index (χ0v) is 19.8. The molecule has 2 heterocycles. The number of aliphatic imine (C=N–C) groups is 1. The molecule has 2 aromatic rings. The van der Waals surface area contributed by atoms with Crippen molar-refractivity contribution in [3.8, 4) is 0 Å². The van der Waals surface area contributed by atoms with Gasteiger partial charge in [0, 0.05) is 36.5 Å². The van der Waals surface area contributed by atoms with E-state index < -0.39 is 0 Å². The highest BCUT2D eigenvalue weighted by Crippen LogP contribution is 2.48. The summed E-state index contributed by atoms with van der Waals surface area (Å²) in [6.45, 7) is 10.7. The Bertz CT molecular complexity index is 812. The van der Waals surface area contributed by atoms with E-state index in [1.165, 1.54) is 4.88 Å². The van der Waals surface area contributed by atoms with Gasteiger partial charge in [-0.1, -0.05) is 19.9 Å². The lowest BCUT2D eigenvalue weighted by molar-refractivity contribution is -0.133. The third kappa shape index (κ3) is 4.86. The van der Waals surface area contributed by atoms with Crippen LogP contribution in [0.5, 0.6) is 0 Å². The Morgan fingerprint density at radius 3 is 2.73 bits per heavy atom. The summed E-state index contributed by atoms with van der Waals surface area (Å²) in [5, 5.41) is 17.8. The number of thiophene rings is 1. The molecule has 0 aromatic carbocycles. The molecular weight excluding hydrogens is 396 g/mol. The van der Waals surface area contributed by atoms with E-state index in [1.807, 2.05) is 18.5 Å². The normalized spacial score (nSPS) is 20.8. The molecule has 1 aliphatic carbocycles. The first-order valence-electron chi connectivity index (χ1n) is 11.1. The minimum atomic E-state index is 0.160. The number of aromatic nitrogens is 3. The van der Waals surface area contributed by atoms with Crippen LogP contribution in [0.1, 0.15) is 56.6 Å². The third-order valence-electron chi connectivity index (χ3n) is 6.59. The second-order valence-electron chi connectivity index (χ2n) is 7.96. The first-order valence-corrected chi connectivity index (χ1v) is 12.0. The van der Waals surface area contributed by atoms with Gasteiger partial charge in [-0.3, -0.25) is 0 Å². The van der Waals surface area contributed by atoms with Crippen molar-refractivity contribution in [2.75, 3.05) is 13.2 Å². The molecule has 166 valence electrons. The van der Waals surface area contributed by atoms with Gasteiger partial charge in [0.2, 0.25) is 0 Å². The van der Waals surface area contributed by atoms with Gasteiger partial charge in [-0.15, -0.1) is 21.5 Å². The zero-order valence-electron chi connectivity index (χ0n) is 18.9. The second-order valence-corrected chi connectivity index (χ2v) is 8.99. The summed E-state index contributed by atoms with van der Waals surface area (Å²) in [6.07, 6.45) is 4.52. The molecule has 0 amide bonds.